The molecular weight excluding hydrogens is 258 g/mol. The first-order valence-electron chi connectivity index (χ1n) is 6.75. The largest absolute Gasteiger partial charge is 0.397 e. The van der Waals surface area contributed by atoms with Crippen molar-refractivity contribution in [2.24, 2.45) is 0 Å². The fourth-order valence-electron chi connectivity index (χ4n) is 2.28. The molecule has 1 aliphatic rings. The van der Waals surface area contributed by atoms with Gasteiger partial charge in [-0.15, -0.1) is 0 Å². The molecule has 1 aromatic rings. The molecule has 0 spiro atoms. The molecule has 2 rings (SSSR count). The number of nitrogens with one attached hydrogen (secondary N) is 2. The van der Waals surface area contributed by atoms with Gasteiger partial charge in [0.05, 0.1) is 30.1 Å². The number of aliphatic hydroxyl groups is 2. The van der Waals surface area contributed by atoms with Crippen LogP contribution in [0.2, 0.25) is 0 Å². The summed E-state index contributed by atoms with van der Waals surface area (Å²) < 4.78 is 0. The summed E-state index contributed by atoms with van der Waals surface area (Å²) in [6, 6.07) is 3.59. The predicted molar refractivity (Wildman–Crippen MR) is 78.6 cm³/mol. The average molecular weight is 279 g/mol. The Morgan fingerprint density at radius 2 is 2.05 bits per heavy atom. The smallest absolute Gasteiger partial charge is 0.224 e. The van der Waals surface area contributed by atoms with Crippen LogP contribution < -0.4 is 16.4 Å². The van der Waals surface area contributed by atoms with E-state index in [2.05, 4.69) is 10.6 Å². The van der Waals surface area contributed by atoms with Crippen LogP contribution in [0.5, 0.6) is 0 Å². The first-order chi connectivity index (χ1) is 9.53. The molecule has 1 aliphatic heterocycles. The molecule has 0 radical (unpaired) electrons. The molecule has 0 aliphatic carbocycles. The minimum absolute atomic E-state index is 0.00812. The monoisotopic (exact) mass is 279 g/mol. The first kappa shape index (κ1) is 14.6. The molecule has 6 nitrogen and oxygen atoms in total. The molecule has 0 atom stereocenters. The summed E-state index contributed by atoms with van der Waals surface area (Å²) in [5, 5.41) is 24.9. The number of nitrogen functional groups attached to an aromatic ring is 1. The molecule has 0 saturated heterocycles. The van der Waals surface area contributed by atoms with Gasteiger partial charge in [0.2, 0.25) is 5.91 Å². The number of fused-ring (bicyclic) bond motifs is 1. The van der Waals surface area contributed by atoms with E-state index in [1.807, 2.05) is 13.0 Å². The van der Waals surface area contributed by atoms with Gasteiger partial charge in [0, 0.05) is 12.1 Å². The number of benzene rings is 1. The van der Waals surface area contributed by atoms with E-state index in [0.29, 0.717) is 30.6 Å². The Balaban J connectivity index is 2.31. The summed E-state index contributed by atoms with van der Waals surface area (Å²) >= 11 is 0. The number of aryl methyl sites for hydroxylation is 1. The maximum absolute atomic E-state index is 11.4. The van der Waals surface area contributed by atoms with Crippen LogP contribution in [0.3, 0.4) is 0 Å². The minimum Gasteiger partial charge on any atom is -0.397 e. The molecular formula is C14H21N3O3. The Labute approximate surface area is 118 Å². The fraction of sp³-hybridized carbons (Fsp3) is 0.500. The molecule has 0 unspecified atom stereocenters. The number of hydrogen-bond acceptors (Lipinski definition) is 5. The highest BCUT2D eigenvalue weighted by molar-refractivity contribution is 5.95. The molecule has 1 aromatic carbocycles. The minimum atomic E-state index is -0.791. The lowest BCUT2D eigenvalue weighted by atomic mass is 9.96. The van der Waals surface area contributed by atoms with Crippen molar-refractivity contribution in [2.75, 3.05) is 29.6 Å². The standard InChI is InChI=1S/C14H21N3O3/c1-2-14(7-18,8-19)17-12-5-9-3-4-13(20)16-11(9)6-10(12)15/h5-6,17-19H,2-4,7-8,15H2,1H3,(H,16,20). The number of amides is 1. The number of anilines is 3. The highest BCUT2D eigenvalue weighted by Crippen LogP contribution is 2.32. The Kier molecular flexibility index (Phi) is 4.15. The normalized spacial score (nSPS) is 14.7. The second kappa shape index (κ2) is 5.68. The molecule has 0 bridgehead atoms. The molecule has 1 amide bonds. The quantitative estimate of drug-likeness (QED) is 0.510. The van der Waals surface area contributed by atoms with Crippen molar-refractivity contribution in [1.82, 2.24) is 0 Å². The SMILES string of the molecule is CCC(CO)(CO)Nc1cc2c(cc1N)NC(=O)CC2. The average Bonchev–Trinajstić information content (AvgIpc) is 2.45. The Bertz CT molecular complexity index is 504. The third-order valence-corrected chi connectivity index (χ3v) is 3.85. The topological polar surface area (TPSA) is 108 Å². The van der Waals surface area contributed by atoms with Crippen molar-refractivity contribution in [3.63, 3.8) is 0 Å². The van der Waals surface area contributed by atoms with Gasteiger partial charge in [-0.3, -0.25) is 4.79 Å². The van der Waals surface area contributed by atoms with Crippen LogP contribution in [0.25, 0.3) is 0 Å². The highest BCUT2D eigenvalue weighted by Gasteiger charge is 2.27. The van der Waals surface area contributed by atoms with Crippen molar-refractivity contribution < 1.29 is 15.0 Å². The molecule has 0 saturated carbocycles. The summed E-state index contributed by atoms with van der Waals surface area (Å²) in [7, 11) is 0. The zero-order chi connectivity index (χ0) is 14.8. The Hall–Kier alpha value is -1.79. The van der Waals surface area contributed by atoms with Crippen molar-refractivity contribution in [2.45, 2.75) is 31.7 Å². The van der Waals surface area contributed by atoms with E-state index in [9.17, 15) is 15.0 Å². The zero-order valence-electron chi connectivity index (χ0n) is 11.6. The molecule has 1 heterocycles. The molecule has 110 valence electrons. The van der Waals surface area contributed by atoms with Gasteiger partial charge in [0.15, 0.2) is 0 Å². The van der Waals surface area contributed by atoms with E-state index in [0.717, 1.165) is 11.3 Å². The number of aliphatic hydroxyl groups excluding tert-OH is 2. The summed E-state index contributed by atoms with van der Waals surface area (Å²) in [4.78, 5) is 11.4. The second-order valence-electron chi connectivity index (χ2n) is 5.22. The van der Waals surface area contributed by atoms with Crippen molar-refractivity contribution >= 4 is 23.0 Å². The zero-order valence-corrected chi connectivity index (χ0v) is 11.6. The van der Waals surface area contributed by atoms with E-state index in [1.165, 1.54) is 0 Å². The fourth-order valence-corrected chi connectivity index (χ4v) is 2.28. The molecule has 6 heteroatoms. The third kappa shape index (κ3) is 2.71. The molecule has 6 N–H and O–H groups in total. The van der Waals surface area contributed by atoms with E-state index in [1.54, 1.807) is 6.07 Å². The predicted octanol–water partition coefficient (Wildman–Crippen LogP) is 0.699. The molecule has 0 aromatic heterocycles. The lowest BCUT2D eigenvalue weighted by Crippen LogP contribution is -2.45. The van der Waals surface area contributed by atoms with E-state index >= 15 is 0 Å². The number of rotatable bonds is 5. The van der Waals surface area contributed by atoms with Gasteiger partial charge in [-0.25, -0.2) is 0 Å². The second-order valence-corrected chi connectivity index (χ2v) is 5.22. The number of hydrogen-bond donors (Lipinski definition) is 5. The Morgan fingerprint density at radius 3 is 2.65 bits per heavy atom. The Morgan fingerprint density at radius 1 is 1.35 bits per heavy atom. The van der Waals surface area contributed by atoms with Crippen molar-refractivity contribution in [3.8, 4) is 0 Å². The van der Waals surface area contributed by atoms with Gasteiger partial charge in [-0.2, -0.15) is 0 Å². The summed E-state index contributed by atoms with van der Waals surface area (Å²) in [5.74, 6) is -0.00812. The van der Waals surface area contributed by atoms with Gasteiger partial charge >= 0.3 is 0 Å². The number of carbonyl (C=O) groups excluding carboxylic acids is 1. The summed E-state index contributed by atoms with van der Waals surface area (Å²) in [5.41, 5.74) is 8.08. The number of carbonyl (C=O) groups is 1. The maximum atomic E-state index is 11.4. The van der Waals surface area contributed by atoms with Gasteiger partial charge in [-0.05, 0) is 30.5 Å². The van der Waals surface area contributed by atoms with Crippen LogP contribution in [0.4, 0.5) is 17.1 Å². The summed E-state index contributed by atoms with van der Waals surface area (Å²) in [6.07, 6.45) is 1.68. The van der Waals surface area contributed by atoms with Crippen LogP contribution in [-0.2, 0) is 11.2 Å². The van der Waals surface area contributed by atoms with E-state index in [4.69, 9.17) is 5.73 Å². The lowest BCUT2D eigenvalue weighted by Gasteiger charge is -2.32. The number of nitrogens with two attached hydrogens (primary N) is 1. The van der Waals surface area contributed by atoms with Gasteiger partial charge in [0.25, 0.3) is 0 Å². The molecule has 20 heavy (non-hydrogen) atoms. The van der Waals surface area contributed by atoms with Crippen LogP contribution in [-0.4, -0.2) is 34.9 Å². The van der Waals surface area contributed by atoms with Crippen molar-refractivity contribution in [3.05, 3.63) is 17.7 Å². The van der Waals surface area contributed by atoms with Crippen LogP contribution in [0.1, 0.15) is 25.3 Å². The van der Waals surface area contributed by atoms with Crippen molar-refractivity contribution in [1.29, 1.82) is 0 Å². The van der Waals surface area contributed by atoms with Crippen LogP contribution in [0, 0.1) is 0 Å². The van der Waals surface area contributed by atoms with Crippen LogP contribution >= 0.6 is 0 Å². The van der Waals surface area contributed by atoms with Gasteiger partial charge in [0.1, 0.15) is 0 Å². The lowest BCUT2D eigenvalue weighted by molar-refractivity contribution is -0.116. The van der Waals surface area contributed by atoms with E-state index in [-0.39, 0.29) is 19.1 Å². The van der Waals surface area contributed by atoms with Gasteiger partial charge < -0.3 is 26.6 Å². The van der Waals surface area contributed by atoms with Gasteiger partial charge in [-0.1, -0.05) is 6.92 Å². The summed E-state index contributed by atoms with van der Waals surface area (Å²) in [6.45, 7) is 1.51. The van der Waals surface area contributed by atoms with E-state index < -0.39 is 5.54 Å². The third-order valence-electron chi connectivity index (χ3n) is 3.85. The maximum Gasteiger partial charge on any atom is 0.224 e. The highest BCUT2D eigenvalue weighted by atomic mass is 16.3. The molecule has 0 fully saturated rings. The van der Waals surface area contributed by atoms with Crippen LogP contribution in [0.15, 0.2) is 12.1 Å². The first-order valence-corrected chi connectivity index (χ1v) is 6.75.